The number of rotatable bonds is 5. The standard InChI is InChI=1S/C15H15BrClNO2/c1-20-14-7-11(16)6-13(8-14)18-9-15(19)10-2-4-12(17)5-3-10/h2-8,15,18-19H,9H2,1H3. The molecule has 0 aromatic heterocycles. The van der Waals surface area contributed by atoms with Gasteiger partial charge in [-0.3, -0.25) is 0 Å². The van der Waals surface area contributed by atoms with E-state index < -0.39 is 6.10 Å². The quantitative estimate of drug-likeness (QED) is 0.841. The normalized spacial score (nSPS) is 12.0. The van der Waals surface area contributed by atoms with Crippen LogP contribution in [0.15, 0.2) is 46.9 Å². The molecule has 0 spiro atoms. The van der Waals surface area contributed by atoms with Gasteiger partial charge in [0, 0.05) is 27.8 Å². The first-order chi connectivity index (χ1) is 9.58. The summed E-state index contributed by atoms with van der Waals surface area (Å²) in [6, 6.07) is 12.8. The van der Waals surface area contributed by atoms with E-state index in [1.54, 1.807) is 19.2 Å². The minimum absolute atomic E-state index is 0.404. The fourth-order valence-electron chi connectivity index (χ4n) is 1.80. The molecule has 0 fully saturated rings. The molecule has 20 heavy (non-hydrogen) atoms. The van der Waals surface area contributed by atoms with Gasteiger partial charge < -0.3 is 15.2 Å². The van der Waals surface area contributed by atoms with Gasteiger partial charge in [0.2, 0.25) is 0 Å². The van der Waals surface area contributed by atoms with Crippen LogP contribution >= 0.6 is 27.5 Å². The highest BCUT2D eigenvalue weighted by Crippen LogP contribution is 2.25. The van der Waals surface area contributed by atoms with E-state index >= 15 is 0 Å². The fraction of sp³-hybridized carbons (Fsp3) is 0.200. The van der Waals surface area contributed by atoms with Crippen LogP contribution in [0, 0.1) is 0 Å². The molecule has 5 heteroatoms. The average molecular weight is 357 g/mol. The second-order valence-corrected chi connectivity index (χ2v) is 5.68. The SMILES string of the molecule is COc1cc(Br)cc(NCC(O)c2ccc(Cl)cc2)c1. The third kappa shape index (κ3) is 4.13. The van der Waals surface area contributed by atoms with Crippen LogP contribution in [-0.4, -0.2) is 18.8 Å². The zero-order chi connectivity index (χ0) is 14.5. The number of aliphatic hydroxyl groups excluding tert-OH is 1. The van der Waals surface area contributed by atoms with Crippen molar-refractivity contribution >= 4 is 33.2 Å². The molecule has 3 nitrogen and oxygen atoms in total. The first kappa shape index (κ1) is 15.2. The van der Waals surface area contributed by atoms with E-state index in [-0.39, 0.29) is 0 Å². The largest absolute Gasteiger partial charge is 0.497 e. The molecule has 0 aliphatic heterocycles. The zero-order valence-electron chi connectivity index (χ0n) is 10.9. The number of hydrogen-bond donors (Lipinski definition) is 2. The van der Waals surface area contributed by atoms with Crippen molar-refractivity contribution in [1.29, 1.82) is 0 Å². The molecule has 0 heterocycles. The molecule has 2 N–H and O–H groups in total. The molecule has 0 bridgehead atoms. The average Bonchev–Trinajstić information content (AvgIpc) is 2.45. The zero-order valence-corrected chi connectivity index (χ0v) is 13.3. The summed E-state index contributed by atoms with van der Waals surface area (Å²) in [5.41, 5.74) is 1.70. The summed E-state index contributed by atoms with van der Waals surface area (Å²) in [5, 5.41) is 14.0. The Kier molecular flexibility index (Phi) is 5.29. The molecule has 0 saturated carbocycles. The van der Waals surface area contributed by atoms with Gasteiger partial charge in [0.05, 0.1) is 13.2 Å². The Morgan fingerprint density at radius 1 is 1.25 bits per heavy atom. The molecule has 0 aliphatic rings. The molecule has 0 radical (unpaired) electrons. The number of methoxy groups -OCH3 is 1. The van der Waals surface area contributed by atoms with Crippen molar-refractivity contribution in [3.63, 3.8) is 0 Å². The number of hydrogen-bond acceptors (Lipinski definition) is 3. The minimum Gasteiger partial charge on any atom is -0.497 e. The van der Waals surface area contributed by atoms with Crippen molar-refractivity contribution in [3.05, 3.63) is 57.5 Å². The Balaban J connectivity index is 2.01. The molecule has 0 amide bonds. The third-order valence-electron chi connectivity index (χ3n) is 2.86. The summed E-state index contributed by atoms with van der Waals surface area (Å²) in [7, 11) is 1.62. The summed E-state index contributed by atoms with van der Waals surface area (Å²) in [6.07, 6.45) is -0.600. The maximum Gasteiger partial charge on any atom is 0.122 e. The van der Waals surface area contributed by atoms with Gasteiger partial charge in [-0.25, -0.2) is 0 Å². The molecule has 1 atom stereocenters. The van der Waals surface area contributed by atoms with E-state index in [2.05, 4.69) is 21.2 Å². The van der Waals surface area contributed by atoms with Crippen LogP contribution in [0.2, 0.25) is 5.02 Å². The molecule has 2 rings (SSSR count). The van der Waals surface area contributed by atoms with Gasteiger partial charge in [-0.2, -0.15) is 0 Å². The van der Waals surface area contributed by atoms with E-state index in [4.69, 9.17) is 16.3 Å². The molecule has 2 aromatic rings. The van der Waals surface area contributed by atoms with Gasteiger partial charge in [-0.05, 0) is 29.8 Å². The Morgan fingerprint density at radius 2 is 1.95 bits per heavy atom. The first-order valence-corrected chi connectivity index (χ1v) is 7.27. The van der Waals surface area contributed by atoms with E-state index in [9.17, 15) is 5.11 Å². The van der Waals surface area contributed by atoms with Gasteiger partial charge in [-0.15, -0.1) is 0 Å². The lowest BCUT2D eigenvalue weighted by molar-refractivity contribution is 0.191. The second-order valence-electron chi connectivity index (χ2n) is 4.33. The lowest BCUT2D eigenvalue weighted by Gasteiger charge is -2.14. The van der Waals surface area contributed by atoms with Crippen molar-refractivity contribution in [2.75, 3.05) is 19.0 Å². The van der Waals surface area contributed by atoms with Crippen molar-refractivity contribution in [3.8, 4) is 5.75 Å². The molecule has 0 saturated heterocycles. The van der Waals surface area contributed by atoms with E-state index in [0.29, 0.717) is 11.6 Å². The lowest BCUT2D eigenvalue weighted by Crippen LogP contribution is -2.12. The predicted octanol–water partition coefficient (Wildman–Crippen LogP) is 4.26. The van der Waals surface area contributed by atoms with Crippen molar-refractivity contribution in [2.24, 2.45) is 0 Å². The van der Waals surface area contributed by atoms with Gasteiger partial charge in [0.25, 0.3) is 0 Å². The van der Waals surface area contributed by atoms with E-state index in [1.165, 1.54) is 0 Å². The van der Waals surface area contributed by atoms with Gasteiger partial charge >= 0.3 is 0 Å². The smallest absolute Gasteiger partial charge is 0.122 e. The van der Waals surface area contributed by atoms with Crippen LogP contribution in [0.3, 0.4) is 0 Å². The van der Waals surface area contributed by atoms with Gasteiger partial charge in [-0.1, -0.05) is 39.7 Å². The molecule has 0 aliphatic carbocycles. The highest BCUT2D eigenvalue weighted by atomic mass is 79.9. The highest BCUT2D eigenvalue weighted by Gasteiger charge is 2.08. The Hall–Kier alpha value is -1.23. The third-order valence-corrected chi connectivity index (χ3v) is 3.57. The fourth-order valence-corrected chi connectivity index (χ4v) is 2.40. The maximum atomic E-state index is 10.1. The molecular weight excluding hydrogens is 342 g/mol. The summed E-state index contributed by atoms with van der Waals surface area (Å²) in [4.78, 5) is 0. The van der Waals surface area contributed by atoms with Crippen molar-refractivity contribution in [2.45, 2.75) is 6.10 Å². The highest BCUT2D eigenvalue weighted by molar-refractivity contribution is 9.10. The number of aliphatic hydroxyl groups is 1. The van der Waals surface area contributed by atoms with E-state index in [1.807, 2.05) is 30.3 Å². The number of benzene rings is 2. The van der Waals surface area contributed by atoms with Crippen LogP contribution in [0.25, 0.3) is 0 Å². The maximum absolute atomic E-state index is 10.1. The van der Waals surface area contributed by atoms with Crippen LogP contribution < -0.4 is 10.1 Å². The number of ether oxygens (including phenoxy) is 1. The Labute approximate surface area is 131 Å². The van der Waals surface area contributed by atoms with Crippen LogP contribution in [-0.2, 0) is 0 Å². The minimum atomic E-state index is -0.600. The number of halogens is 2. The van der Waals surface area contributed by atoms with Crippen molar-refractivity contribution < 1.29 is 9.84 Å². The summed E-state index contributed by atoms with van der Waals surface area (Å²) in [5.74, 6) is 0.753. The van der Waals surface area contributed by atoms with Crippen molar-refractivity contribution in [1.82, 2.24) is 0 Å². The Bertz CT molecular complexity index is 575. The number of anilines is 1. The monoisotopic (exact) mass is 355 g/mol. The predicted molar refractivity (Wildman–Crippen MR) is 85.6 cm³/mol. The molecule has 106 valence electrons. The Morgan fingerprint density at radius 3 is 2.60 bits per heavy atom. The van der Waals surface area contributed by atoms with Gasteiger partial charge in [0.1, 0.15) is 5.75 Å². The summed E-state index contributed by atoms with van der Waals surface area (Å²) < 4.78 is 6.11. The number of nitrogens with one attached hydrogen (secondary N) is 1. The lowest BCUT2D eigenvalue weighted by atomic mass is 10.1. The molecular formula is C15H15BrClNO2. The van der Waals surface area contributed by atoms with Gasteiger partial charge in [0.15, 0.2) is 0 Å². The molecule has 2 aromatic carbocycles. The molecule has 1 unspecified atom stereocenters. The summed E-state index contributed by atoms with van der Waals surface area (Å²) >= 11 is 9.24. The topological polar surface area (TPSA) is 41.5 Å². The van der Waals surface area contributed by atoms with Crippen LogP contribution in [0.1, 0.15) is 11.7 Å². The van der Waals surface area contributed by atoms with Crippen LogP contribution in [0.4, 0.5) is 5.69 Å². The van der Waals surface area contributed by atoms with Crippen LogP contribution in [0.5, 0.6) is 5.75 Å². The van der Waals surface area contributed by atoms with E-state index in [0.717, 1.165) is 21.5 Å². The second kappa shape index (κ2) is 6.97. The summed E-state index contributed by atoms with van der Waals surface area (Å²) in [6.45, 7) is 0.404. The first-order valence-electron chi connectivity index (χ1n) is 6.10.